The fourth-order valence-corrected chi connectivity index (χ4v) is 2.01. The lowest BCUT2D eigenvalue weighted by Gasteiger charge is -2.39. The molecule has 1 aromatic heterocycles. The highest BCUT2D eigenvalue weighted by Crippen LogP contribution is 2.37. The van der Waals surface area contributed by atoms with Crippen LogP contribution in [0.2, 0.25) is 0 Å². The maximum Gasteiger partial charge on any atom is 0.268 e. The first-order chi connectivity index (χ1) is 6.13. The van der Waals surface area contributed by atoms with Crippen LogP contribution < -0.4 is 5.56 Å². The molecular weight excluding hydrogens is 232 g/mol. The zero-order chi connectivity index (χ0) is 9.47. The predicted octanol–water partition coefficient (Wildman–Crippen LogP) is 1.90. The van der Waals surface area contributed by atoms with Crippen molar-refractivity contribution in [3.8, 4) is 0 Å². The molecule has 0 atom stereocenters. The summed E-state index contributed by atoms with van der Waals surface area (Å²) in [7, 11) is 0. The third-order valence-electron chi connectivity index (χ3n) is 2.81. The van der Waals surface area contributed by atoms with Gasteiger partial charge in [0.2, 0.25) is 0 Å². The molecule has 0 N–H and O–H groups in total. The molecule has 4 heteroatoms. The smallest absolute Gasteiger partial charge is 0.268 e. The van der Waals surface area contributed by atoms with E-state index in [1.807, 2.05) is 0 Å². The summed E-state index contributed by atoms with van der Waals surface area (Å²) in [5, 5.41) is 0. The van der Waals surface area contributed by atoms with Gasteiger partial charge < -0.3 is 0 Å². The zero-order valence-corrected chi connectivity index (χ0v) is 9.04. The fraction of sp³-hybridized carbons (Fsp3) is 0.556. The van der Waals surface area contributed by atoms with Gasteiger partial charge >= 0.3 is 0 Å². The maximum absolute atomic E-state index is 11.7. The first-order valence-electron chi connectivity index (χ1n) is 4.36. The first-order valence-corrected chi connectivity index (χ1v) is 5.15. The molecule has 1 aromatic rings. The Hall–Kier alpha value is -0.640. The molecule has 1 aliphatic rings. The van der Waals surface area contributed by atoms with Crippen molar-refractivity contribution in [2.45, 2.75) is 31.7 Å². The van der Waals surface area contributed by atoms with E-state index in [4.69, 9.17) is 0 Å². The number of aromatic nitrogens is 2. The minimum absolute atomic E-state index is 0.00780. The van der Waals surface area contributed by atoms with Gasteiger partial charge in [-0.25, -0.2) is 4.98 Å². The number of rotatable bonds is 1. The van der Waals surface area contributed by atoms with Gasteiger partial charge in [0, 0.05) is 11.7 Å². The second-order valence-electron chi connectivity index (χ2n) is 3.77. The summed E-state index contributed by atoms with van der Waals surface area (Å²) in [6, 6.07) is 0. The molecule has 1 saturated carbocycles. The van der Waals surface area contributed by atoms with E-state index in [0.717, 1.165) is 12.8 Å². The largest absolute Gasteiger partial charge is 0.292 e. The quantitative estimate of drug-likeness (QED) is 0.755. The second kappa shape index (κ2) is 2.94. The Bertz CT molecular complexity index is 381. The molecule has 0 radical (unpaired) electrons. The summed E-state index contributed by atoms with van der Waals surface area (Å²) in [6.07, 6.45) is 6.53. The lowest BCUT2D eigenvalue weighted by molar-refractivity contribution is 0.160. The average Bonchev–Trinajstić information content (AvgIpc) is 2.06. The Morgan fingerprint density at radius 1 is 1.62 bits per heavy atom. The monoisotopic (exact) mass is 242 g/mol. The molecule has 0 amide bonds. The van der Waals surface area contributed by atoms with Crippen LogP contribution in [-0.2, 0) is 5.54 Å². The van der Waals surface area contributed by atoms with E-state index in [1.165, 1.54) is 6.42 Å². The number of halogens is 1. The minimum atomic E-state index is 0.00780. The Morgan fingerprint density at radius 2 is 2.31 bits per heavy atom. The van der Waals surface area contributed by atoms with Crippen molar-refractivity contribution in [1.29, 1.82) is 0 Å². The van der Waals surface area contributed by atoms with Crippen LogP contribution in [0.1, 0.15) is 26.2 Å². The molecule has 2 rings (SSSR count). The average molecular weight is 243 g/mol. The van der Waals surface area contributed by atoms with Crippen molar-refractivity contribution >= 4 is 15.9 Å². The van der Waals surface area contributed by atoms with Crippen LogP contribution in [-0.4, -0.2) is 9.55 Å². The second-order valence-corrected chi connectivity index (χ2v) is 4.62. The third kappa shape index (κ3) is 1.33. The topological polar surface area (TPSA) is 34.9 Å². The normalized spacial score (nSPS) is 19.5. The standard InChI is InChI=1S/C9H11BrN2O/c1-9(3-2-4-9)12-6-11-5-7(10)8(12)13/h5-6H,2-4H2,1H3. The minimum Gasteiger partial charge on any atom is -0.292 e. The Kier molecular flexibility index (Phi) is 2.02. The molecule has 1 aliphatic carbocycles. The van der Waals surface area contributed by atoms with Crippen molar-refractivity contribution in [3.63, 3.8) is 0 Å². The van der Waals surface area contributed by atoms with Crippen molar-refractivity contribution in [2.75, 3.05) is 0 Å². The van der Waals surface area contributed by atoms with E-state index in [0.29, 0.717) is 4.47 Å². The molecule has 0 aliphatic heterocycles. The molecule has 1 heterocycles. The van der Waals surface area contributed by atoms with E-state index >= 15 is 0 Å². The van der Waals surface area contributed by atoms with E-state index in [9.17, 15) is 4.79 Å². The van der Waals surface area contributed by atoms with Gasteiger partial charge in [-0.15, -0.1) is 0 Å². The van der Waals surface area contributed by atoms with Crippen LogP contribution in [0.25, 0.3) is 0 Å². The van der Waals surface area contributed by atoms with Gasteiger partial charge in [-0.05, 0) is 42.1 Å². The summed E-state index contributed by atoms with van der Waals surface area (Å²) in [5.74, 6) is 0. The number of nitrogens with zero attached hydrogens (tertiary/aromatic N) is 2. The van der Waals surface area contributed by atoms with Crippen LogP contribution in [0.15, 0.2) is 21.8 Å². The SMILES string of the molecule is CC1(n2cncc(Br)c2=O)CCC1. The van der Waals surface area contributed by atoms with Gasteiger partial charge in [0.15, 0.2) is 0 Å². The molecular formula is C9H11BrN2O. The van der Waals surface area contributed by atoms with Crippen LogP contribution in [0.4, 0.5) is 0 Å². The molecule has 0 spiro atoms. The summed E-state index contributed by atoms with van der Waals surface area (Å²) in [6.45, 7) is 2.10. The zero-order valence-electron chi connectivity index (χ0n) is 7.46. The van der Waals surface area contributed by atoms with Crippen molar-refractivity contribution in [2.24, 2.45) is 0 Å². The van der Waals surface area contributed by atoms with Crippen LogP contribution in [0, 0.1) is 0 Å². The van der Waals surface area contributed by atoms with Gasteiger partial charge in [-0.2, -0.15) is 0 Å². The van der Waals surface area contributed by atoms with Gasteiger partial charge in [-0.3, -0.25) is 9.36 Å². The molecule has 70 valence electrons. The molecule has 3 nitrogen and oxygen atoms in total. The van der Waals surface area contributed by atoms with E-state index in [2.05, 4.69) is 27.8 Å². The highest BCUT2D eigenvalue weighted by molar-refractivity contribution is 9.10. The lowest BCUT2D eigenvalue weighted by Crippen LogP contribution is -2.44. The van der Waals surface area contributed by atoms with Gasteiger partial charge in [0.25, 0.3) is 5.56 Å². The Labute approximate surface area is 84.9 Å². The summed E-state index contributed by atoms with van der Waals surface area (Å²) >= 11 is 3.20. The lowest BCUT2D eigenvalue weighted by atomic mass is 9.78. The van der Waals surface area contributed by atoms with Crippen LogP contribution in [0.5, 0.6) is 0 Å². The van der Waals surface area contributed by atoms with Gasteiger partial charge in [-0.1, -0.05) is 0 Å². The van der Waals surface area contributed by atoms with Gasteiger partial charge in [0.05, 0.1) is 6.33 Å². The van der Waals surface area contributed by atoms with E-state index in [1.54, 1.807) is 17.1 Å². The summed E-state index contributed by atoms with van der Waals surface area (Å²) < 4.78 is 2.28. The maximum atomic E-state index is 11.7. The predicted molar refractivity (Wildman–Crippen MR) is 53.7 cm³/mol. The highest BCUT2D eigenvalue weighted by atomic mass is 79.9. The van der Waals surface area contributed by atoms with E-state index in [-0.39, 0.29) is 11.1 Å². The first kappa shape index (κ1) is 8.94. The molecule has 0 unspecified atom stereocenters. The molecule has 0 bridgehead atoms. The summed E-state index contributed by atoms with van der Waals surface area (Å²) in [5.41, 5.74) is 0.0330. The highest BCUT2D eigenvalue weighted by Gasteiger charge is 2.34. The van der Waals surface area contributed by atoms with Crippen LogP contribution >= 0.6 is 15.9 Å². The number of hydrogen-bond donors (Lipinski definition) is 0. The Balaban J connectivity index is 2.52. The molecule has 1 fully saturated rings. The van der Waals surface area contributed by atoms with E-state index < -0.39 is 0 Å². The van der Waals surface area contributed by atoms with Crippen LogP contribution in [0.3, 0.4) is 0 Å². The van der Waals surface area contributed by atoms with Crippen molar-refractivity contribution < 1.29 is 0 Å². The fourth-order valence-electron chi connectivity index (χ4n) is 1.70. The molecule has 0 aromatic carbocycles. The Morgan fingerprint density at radius 3 is 2.85 bits per heavy atom. The third-order valence-corrected chi connectivity index (χ3v) is 3.35. The van der Waals surface area contributed by atoms with Gasteiger partial charge in [0.1, 0.15) is 4.47 Å². The summed E-state index contributed by atoms with van der Waals surface area (Å²) in [4.78, 5) is 15.7. The molecule has 0 saturated heterocycles. The molecule has 13 heavy (non-hydrogen) atoms. The van der Waals surface area contributed by atoms with Crippen molar-refractivity contribution in [3.05, 3.63) is 27.4 Å². The number of hydrogen-bond acceptors (Lipinski definition) is 2. The van der Waals surface area contributed by atoms with Crippen molar-refractivity contribution in [1.82, 2.24) is 9.55 Å².